The zero-order valence-electron chi connectivity index (χ0n) is 17.1. The molecule has 1 N–H and O–H groups in total. The zero-order valence-corrected chi connectivity index (χ0v) is 17.1. The van der Waals surface area contributed by atoms with Crippen LogP contribution in [0.1, 0.15) is 15.9 Å². The summed E-state index contributed by atoms with van der Waals surface area (Å²) in [5, 5.41) is 9.79. The van der Waals surface area contributed by atoms with Crippen molar-refractivity contribution in [2.75, 3.05) is 7.11 Å². The van der Waals surface area contributed by atoms with Crippen LogP contribution < -0.4 is 9.47 Å². The molecule has 0 atom stereocenters. The standard InChI is InChI=1S/C27H22O4/c1-30-20-15-16-23(25(17-20)27(28)29)21-11-5-6-12-22(21)24-13-7-8-14-26(24)31-18-19-9-3-2-4-10-19/h2-17H,18H2,1H3,(H,28,29). The van der Waals surface area contributed by atoms with Crippen molar-refractivity contribution in [1.29, 1.82) is 0 Å². The molecule has 0 unspecified atom stereocenters. The van der Waals surface area contributed by atoms with Gasteiger partial charge in [0.15, 0.2) is 0 Å². The molecule has 0 spiro atoms. The molecule has 0 radical (unpaired) electrons. The first-order chi connectivity index (χ1) is 15.2. The Labute approximate surface area is 181 Å². The topological polar surface area (TPSA) is 55.8 Å². The van der Waals surface area contributed by atoms with Gasteiger partial charge in [0.25, 0.3) is 0 Å². The van der Waals surface area contributed by atoms with Crippen LogP contribution in [0.15, 0.2) is 97.1 Å². The second kappa shape index (κ2) is 9.18. The summed E-state index contributed by atoms with van der Waals surface area (Å²) in [5.41, 5.74) is 4.52. The Hall–Kier alpha value is -4.05. The van der Waals surface area contributed by atoms with Gasteiger partial charge in [0.05, 0.1) is 12.7 Å². The van der Waals surface area contributed by atoms with E-state index in [1.807, 2.05) is 78.9 Å². The van der Waals surface area contributed by atoms with Crippen molar-refractivity contribution in [3.63, 3.8) is 0 Å². The molecule has 4 nitrogen and oxygen atoms in total. The van der Waals surface area contributed by atoms with Crippen molar-refractivity contribution in [1.82, 2.24) is 0 Å². The Morgan fingerprint density at radius 3 is 2.03 bits per heavy atom. The molecule has 0 aromatic heterocycles. The van der Waals surface area contributed by atoms with Crippen molar-refractivity contribution < 1.29 is 19.4 Å². The normalized spacial score (nSPS) is 10.5. The molecule has 0 aliphatic heterocycles. The van der Waals surface area contributed by atoms with Gasteiger partial charge < -0.3 is 14.6 Å². The molecule has 0 aliphatic rings. The smallest absolute Gasteiger partial charge is 0.336 e. The average molecular weight is 410 g/mol. The van der Waals surface area contributed by atoms with Crippen LogP contribution in [0.2, 0.25) is 0 Å². The summed E-state index contributed by atoms with van der Waals surface area (Å²) in [6.45, 7) is 0.447. The SMILES string of the molecule is COc1ccc(-c2ccccc2-c2ccccc2OCc2ccccc2)c(C(=O)O)c1. The maximum absolute atomic E-state index is 12.0. The number of hydrogen-bond donors (Lipinski definition) is 1. The van der Waals surface area contributed by atoms with E-state index in [2.05, 4.69) is 0 Å². The van der Waals surface area contributed by atoms with Gasteiger partial charge in [-0.05, 0) is 46.5 Å². The molecule has 4 heteroatoms. The predicted octanol–water partition coefficient (Wildman–Crippen LogP) is 6.31. The minimum Gasteiger partial charge on any atom is -0.497 e. The lowest BCUT2D eigenvalue weighted by Gasteiger charge is -2.16. The number of methoxy groups -OCH3 is 1. The van der Waals surface area contributed by atoms with Gasteiger partial charge in [0.2, 0.25) is 0 Å². The maximum atomic E-state index is 12.0. The first-order valence-corrected chi connectivity index (χ1v) is 9.94. The molecule has 0 amide bonds. The second-order valence-electron chi connectivity index (χ2n) is 7.03. The van der Waals surface area contributed by atoms with E-state index in [-0.39, 0.29) is 5.56 Å². The highest BCUT2D eigenvalue weighted by atomic mass is 16.5. The monoisotopic (exact) mass is 410 g/mol. The Bertz CT molecular complexity index is 1200. The third-order valence-corrected chi connectivity index (χ3v) is 5.09. The number of benzene rings is 4. The van der Waals surface area contributed by atoms with Crippen LogP contribution in [0.3, 0.4) is 0 Å². The highest BCUT2D eigenvalue weighted by molar-refractivity contribution is 5.99. The van der Waals surface area contributed by atoms with Crippen molar-refractivity contribution in [2.24, 2.45) is 0 Å². The maximum Gasteiger partial charge on any atom is 0.336 e. The lowest BCUT2D eigenvalue weighted by atomic mass is 9.91. The van der Waals surface area contributed by atoms with Gasteiger partial charge in [0.1, 0.15) is 18.1 Å². The van der Waals surface area contributed by atoms with Gasteiger partial charge in [-0.25, -0.2) is 4.79 Å². The molecule has 4 rings (SSSR count). The summed E-state index contributed by atoms with van der Waals surface area (Å²) in [6, 6.07) is 30.7. The van der Waals surface area contributed by atoms with Gasteiger partial charge in [-0.15, -0.1) is 0 Å². The molecule has 0 saturated heterocycles. The number of para-hydroxylation sites is 1. The van der Waals surface area contributed by atoms with Crippen molar-refractivity contribution in [3.05, 3.63) is 108 Å². The zero-order chi connectivity index (χ0) is 21.6. The number of rotatable bonds is 7. The lowest BCUT2D eigenvalue weighted by molar-refractivity contribution is 0.0697. The molecule has 4 aromatic rings. The van der Waals surface area contributed by atoms with E-state index in [1.165, 1.54) is 7.11 Å². The van der Waals surface area contributed by atoms with Crippen molar-refractivity contribution in [2.45, 2.75) is 6.61 Å². The first kappa shape index (κ1) is 20.2. The summed E-state index contributed by atoms with van der Waals surface area (Å²) in [6.07, 6.45) is 0. The summed E-state index contributed by atoms with van der Waals surface area (Å²) in [7, 11) is 1.52. The minimum absolute atomic E-state index is 0.189. The van der Waals surface area contributed by atoms with Crippen LogP contribution in [-0.2, 0) is 6.61 Å². The van der Waals surface area contributed by atoms with E-state index in [0.717, 1.165) is 28.0 Å². The highest BCUT2D eigenvalue weighted by Gasteiger charge is 2.18. The van der Waals surface area contributed by atoms with Gasteiger partial charge >= 0.3 is 5.97 Å². The lowest BCUT2D eigenvalue weighted by Crippen LogP contribution is -2.02. The van der Waals surface area contributed by atoms with E-state index in [4.69, 9.17) is 9.47 Å². The summed E-state index contributed by atoms with van der Waals surface area (Å²) >= 11 is 0. The fourth-order valence-corrected chi connectivity index (χ4v) is 3.57. The molecule has 0 fully saturated rings. The Morgan fingerprint density at radius 1 is 0.742 bits per heavy atom. The quantitative estimate of drug-likeness (QED) is 0.388. The molecule has 154 valence electrons. The van der Waals surface area contributed by atoms with E-state index in [9.17, 15) is 9.90 Å². The largest absolute Gasteiger partial charge is 0.497 e. The first-order valence-electron chi connectivity index (χ1n) is 9.94. The Balaban J connectivity index is 1.78. The second-order valence-corrected chi connectivity index (χ2v) is 7.03. The fraction of sp³-hybridized carbons (Fsp3) is 0.0741. The van der Waals surface area contributed by atoms with Crippen LogP contribution in [-0.4, -0.2) is 18.2 Å². The fourth-order valence-electron chi connectivity index (χ4n) is 3.57. The van der Waals surface area contributed by atoms with E-state index < -0.39 is 5.97 Å². The van der Waals surface area contributed by atoms with Gasteiger partial charge in [-0.3, -0.25) is 0 Å². The number of hydrogen-bond acceptors (Lipinski definition) is 3. The highest BCUT2D eigenvalue weighted by Crippen LogP contribution is 2.39. The van der Waals surface area contributed by atoms with E-state index in [0.29, 0.717) is 17.9 Å². The molecular weight excluding hydrogens is 388 g/mol. The predicted molar refractivity (Wildman–Crippen MR) is 122 cm³/mol. The number of carboxylic acids is 1. The summed E-state index contributed by atoms with van der Waals surface area (Å²) in [4.78, 5) is 12.0. The van der Waals surface area contributed by atoms with Crippen LogP contribution in [0.4, 0.5) is 0 Å². The number of ether oxygens (including phenoxy) is 2. The molecule has 31 heavy (non-hydrogen) atoms. The van der Waals surface area contributed by atoms with Gasteiger partial charge in [-0.1, -0.05) is 72.8 Å². The molecule has 0 bridgehead atoms. The summed E-state index contributed by atoms with van der Waals surface area (Å²) < 4.78 is 11.4. The van der Waals surface area contributed by atoms with E-state index in [1.54, 1.807) is 18.2 Å². The van der Waals surface area contributed by atoms with Crippen molar-refractivity contribution >= 4 is 5.97 Å². The number of carboxylic acid groups (broad SMARTS) is 1. The molecule has 0 aliphatic carbocycles. The van der Waals surface area contributed by atoms with Gasteiger partial charge in [0, 0.05) is 5.56 Å². The third-order valence-electron chi connectivity index (χ3n) is 5.09. The van der Waals surface area contributed by atoms with Crippen LogP contribution >= 0.6 is 0 Å². The van der Waals surface area contributed by atoms with Crippen LogP contribution in [0.25, 0.3) is 22.3 Å². The summed E-state index contributed by atoms with van der Waals surface area (Å²) in [5.74, 6) is 0.242. The minimum atomic E-state index is -1.00. The molecular formula is C27H22O4. The molecule has 0 heterocycles. The third kappa shape index (κ3) is 4.43. The van der Waals surface area contributed by atoms with E-state index >= 15 is 0 Å². The Kier molecular flexibility index (Phi) is 5.99. The van der Waals surface area contributed by atoms with Crippen LogP contribution in [0.5, 0.6) is 11.5 Å². The van der Waals surface area contributed by atoms with Crippen molar-refractivity contribution in [3.8, 4) is 33.8 Å². The molecule has 0 saturated carbocycles. The van der Waals surface area contributed by atoms with Gasteiger partial charge in [-0.2, -0.15) is 0 Å². The van der Waals surface area contributed by atoms with Crippen LogP contribution in [0, 0.1) is 0 Å². The number of carbonyl (C=O) groups is 1. The molecule has 4 aromatic carbocycles. The average Bonchev–Trinajstić information content (AvgIpc) is 2.83. The number of aromatic carboxylic acids is 1. The Morgan fingerprint density at radius 2 is 1.35 bits per heavy atom.